The summed E-state index contributed by atoms with van der Waals surface area (Å²) in [5.74, 6) is 1.79. The lowest BCUT2D eigenvalue weighted by Gasteiger charge is -2.12. The van der Waals surface area contributed by atoms with Crippen LogP contribution >= 0.6 is 31.9 Å². The van der Waals surface area contributed by atoms with Crippen LogP contribution in [0.2, 0.25) is 0 Å². The molecular weight excluding hydrogens is 356 g/mol. The van der Waals surface area contributed by atoms with E-state index in [-0.39, 0.29) is 0 Å². The summed E-state index contributed by atoms with van der Waals surface area (Å²) in [6, 6.07) is 12.3. The molecule has 0 aliphatic heterocycles. The Labute approximate surface area is 124 Å². The maximum Gasteiger partial charge on any atom is 0.132 e. The fourth-order valence-electron chi connectivity index (χ4n) is 1.77. The monoisotopic (exact) mass is 368 g/mol. The molecule has 0 atom stereocenters. The van der Waals surface area contributed by atoms with Gasteiger partial charge in [-0.15, -0.1) is 0 Å². The zero-order valence-corrected chi connectivity index (χ0v) is 13.5. The third kappa shape index (κ3) is 3.15. The van der Waals surface area contributed by atoms with Gasteiger partial charge in [-0.3, -0.25) is 0 Å². The van der Waals surface area contributed by atoms with Crippen molar-refractivity contribution in [1.82, 2.24) is 0 Å². The van der Waals surface area contributed by atoms with Gasteiger partial charge >= 0.3 is 0 Å². The highest BCUT2D eigenvalue weighted by molar-refractivity contribution is 9.10. The van der Waals surface area contributed by atoms with Crippen molar-refractivity contribution in [2.75, 3.05) is 0 Å². The first-order chi connectivity index (χ1) is 8.60. The van der Waals surface area contributed by atoms with E-state index >= 15 is 0 Å². The average molecular weight is 370 g/mol. The second-order valence-electron chi connectivity index (χ2n) is 4.26. The van der Waals surface area contributed by atoms with Crippen LogP contribution in [-0.2, 0) is 5.33 Å². The Morgan fingerprint density at radius 2 is 1.78 bits per heavy atom. The molecule has 0 spiro atoms. The molecule has 0 fully saturated rings. The van der Waals surface area contributed by atoms with Crippen LogP contribution in [0, 0.1) is 13.8 Å². The van der Waals surface area contributed by atoms with Crippen molar-refractivity contribution in [2.24, 2.45) is 0 Å². The largest absolute Gasteiger partial charge is 0.457 e. The van der Waals surface area contributed by atoms with Gasteiger partial charge in [0.15, 0.2) is 0 Å². The fraction of sp³-hybridized carbons (Fsp3) is 0.200. The number of halogens is 2. The van der Waals surface area contributed by atoms with E-state index in [0.717, 1.165) is 32.4 Å². The van der Waals surface area contributed by atoms with Crippen LogP contribution in [0.1, 0.15) is 16.7 Å². The van der Waals surface area contributed by atoms with Crippen LogP contribution in [0.25, 0.3) is 0 Å². The predicted octanol–water partition coefficient (Wildman–Crippen LogP) is 5.75. The van der Waals surface area contributed by atoms with Gasteiger partial charge in [0.2, 0.25) is 0 Å². The second-order valence-corrected chi connectivity index (χ2v) is 5.73. The molecule has 0 N–H and O–H groups in total. The summed E-state index contributed by atoms with van der Waals surface area (Å²) in [5.41, 5.74) is 3.53. The van der Waals surface area contributed by atoms with Crippen LogP contribution in [0.3, 0.4) is 0 Å². The third-order valence-electron chi connectivity index (χ3n) is 2.72. The van der Waals surface area contributed by atoms with Crippen molar-refractivity contribution in [1.29, 1.82) is 0 Å². The first-order valence-electron chi connectivity index (χ1n) is 5.69. The summed E-state index contributed by atoms with van der Waals surface area (Å²) < 4.78 is 7.03. The molecule has 0 radical (unpaired) electrons. The second kappa shape index (κ2) is 5.89. The average Bonchev–Trinajstić information content (AvgIpc) is 2.33. The Kier molecular flexibility index (Phi) is 4.46. The number of aryl methyl sites for hydroxylation is 2. The molecule has 94 valence electrons. The van der Waals surface area contributed by atoms with Gasteiger partial charge in [0.25, 0.3) is 0 Å². The maximum atomic E-state index is 6.01. The maximum absolute atomic E-state index is 6.01. The number of alkyl halides is 1. The number of benzene rings is 2. The molecule has 18 heavy (non-hydrogen) atoms. The zero-order valence-electron chi connectivity index (χ0n) is 10.3. The first kappa shape index (κ1) is 13.6. The van der Waals surface area contributed by atoms with E-state index in [0.29, 0.717) is 0 Å². The van der Waals surface area contributed by atoms with Gasteiger partial charge in [0.1, 0.15) is 11.5 Å². The normalized spacial score (nSPS) is 10.4. The van der Waals surface area contributed by atoms with Gasteiger partial charge in [-0.2, -0.15) is 0 Å². The predicted molar refractivity (Wildman–Crippen MR) is 82.8 cm³/mol. The van der Waals surface area contributed by atoms with Crippen molar-refractivity contribution < 1.29 is 4.74 Å². The number of hydrogen-bond donors (Lipinski definition) is 0. The van der Waals surface area contributed by atoms with Crippen molar-refractivity contribution in [2.45, 2.75) is 19.2 Å². The highest BCUT2D eigenvalue weighted by atomic mass is 79.9. The standard InChI is InChI=1S/C15H14Br2O/c1-10-3-6-14(11(2)7-10)18-15-8-13(17)5-4-12(15)9-16/h3-8H,9H2,1-2H3. The van der Waals surface area contributed by atoms with E-state index in [1.165, 1.54) is 5.56 Å². The highest BCUT2D eigenvalue weighted by Crippen LogP contribution is 2.31. The lowest BCUT2D eigenvalue weighted by molar-refractivity contribution is 0.474. The topological polar surface area (TPSA) is 9.23 Å². The molecule has 2 aromatic carbocycles. The Morgan fingerprint density at radius 1 is 1.00 bits per heavy atom. The first-order valence-corrected chi connectivity index (χ1v) is 7.61. The molecule has 0 aromatic heterocycles. The SMILES string of the molecule is Cc1ccc(Oc2cc(Br)ccc2CBr)c(C)c1. The number of hydrogen-bond acceptors (Lipinski definition) is 1. The summed E-state index contributed by atoms with van der Waals surface area (Å²) >= 11 is 6.95. The van der Waals surface area contributed by atoms with Crippen LogP contribution in [0.15, 0.2) is 40.9 Å². The Morgan fingerprint density at radius 3 is 2.44 bits per heavy atom. The molecule has 0 saturated carbocycles. The molecule has 0 saturated heterocycles. The lowest BCUT2D eigenvalue weighted by Crippen LogP contribution is -1.92. The third-order valence-corrected chi connectivity index (χ3v) is 3.82. The van der Waals surface area contributed by atoms with Crippen LogP contribution in [-0.4, -0.2) is 0 Å². The highest BCUT2D eigenvalue weighted by Gasteiger charge is 2.07. The molecule has 0 aliphatic rings. The smallest absolute Gasteiger partial charge is 0.132 e. The molecular formula is C15H14Br2O. The van der Waals surface area contributed by atoms with Gasteiger partial charge < -0.3 is 4.74 Å². The van der Waals surface area contributed by atoms with E-state index in [2.05, 4.69) is 63.9 Å². The molecule has 1 nitrogen and oxygen atoms in total. The molecule has 2 rings (SSSR count). The van der Waals surface area contributed by atoms with Crippen molar-refractivity contribution in [3.05, 3.63) is 57.6 Å². The minimum absolute atomic E-state index is 0.778. The van der Waals surface area contributed by atoms with Crippen LogP contribution in [0.5, 0.6) is 11.5 Å². The number of rotatable bonds is 3. The van der Waals surface area contributed by atoms with Gasteiger partial charge in [-0.25, -0.2) is 0 Å². The van der Waals surface area contributed by atoms with Gasteiger partial charge in [-0.1, -0.05) is 55.6 Å². The molecule has 0 unspecified atom stereocenters. The summed E-state index contributed by atoms with van der Waals surface area (Å²) in [6.45, 7) is 4.15. The van der Waals surface area contributed by atoms with Crippen LogP contribution in [0.4, 0.5) is 0 Å². The quantitative estimate of drug-likeness (QED) is 0.625. The van der Waals surface area contributed by atoms with E-state index in [9.17, 15) is 0 Å². The lowest BCUT2D eigenvalue weighted by atomic mass is 10.1. The van der Waals surface area contributed by atoms with Gasteiger partial charge in [0, 0.05) is 15.4 Å². The van der Waals surface area contributed by atoms with Crippen molar-refractivity contribution in [3.8, 4) is 11.5 Å². The fourth-order valence-corrected chi connectivity index (χ4v) is 2.57. The van der Waals surface area contributed by atoms with Crippen molar-refractivity contribution in [3.63, 3.8) is 0 Å². The van der Waals surface area contributed by atoms with E-state index in [1.807, 2.05) is 18.2 Å². The van der Waals surface area contributed by atoms with E-state index < -0.39 is 0 Å². The molecule has 3 heteroatoms. The zero-order chi connectivity index (χ0) is 13.1. The van der Waals surface area contributed by atoms with Crippen LogP contribution < -0.4 is 4.74 Å². The Bertz CT molecular complexity index is 564. The number of ether oxygens (including phenoxy) is 1. The summed E-state index contributed by atoms with van der Waals surface area (Å²) in [6.07, 6.45) is 0. The van der Waals surface area contributed by atoms with Gasteiger partial charge in [-0.05, 0) is 37.6 Å². The molecule has 0 aliphatic carbocycles. The Hall–Kier alpha value is -0.800. The molecule has 0 bridgehead atoms. The molecule has 2 aromatic rings. The van der Waals surface area contributed by atoms with E-state index in [1.54, 1.807) is 0 Å². The summed E-state index contributed by atoms with van der Waals surface area (Å²) in [5, 5.41) is 0.778. The minimum atomic E-state index is 0.778. The summed E-state index contributed by atoms with van der Waals surface area (Å²) in [7, 11) is 0. The van der Waals surface area contributed by atoms with Gasteiger partial charge in [0.05, 0.1) is 0 Å². The Balaban J connectivity index is 2.36. The summed E-state index contributed by atoms with van der Waals surface area (Å²) in [4.78, 5) is 0. The minimum Gasteiger partial charge on any atom is -0.457 e. The molecule has 0 heterocycles. The van der Waals surface area contributed by atoms with E-state index in [4.69, 9.17) is 4.74 Å². The molecule has 0 amide bonds. The van der Waals surface area contributed by atoms with Crippen molar-refractivity contribution >= 4 is 31.9 Å².